The van der Waals surface area contributed by atoms with E-state index in [0.29, 0.717) is 10.8 Å². The van der Waals surface area contributed by atoms with Crippen LogP contribution < -0.4 is 10.2 Å². The molecular weight excluding hydrogens is 278 g/mol. The molecule has 5 nitrogen and oxygen atoms in total. The van der Waals surface area contributed by atoms with Crippen LogP contribution in [-0.2, 0) is 4.79 Å². The van der Waals surface area contributed by atoms with Crippen molar-refractivity contribution < 1.29 is 9.53 Å². The number of carbonyl (C=O) groups is 1. The third kappa shape index (κ3) is 4.70. The Balaban J connectivity index is 1.77. The lowest BCUT2D eigenvalue weighted by Crippen LogP contribution is -2.24. The molecule has 2 rings (SSSR count). The van der Waals surface area contributed by atoms with E-state index < -0.39 is 0 Å². The van der Waals surface area contributed by atoms with Crippen LogP contribution in [0.2, 0.25) is 5.02 Å². The zero-order chi connectivity index (χ0) is 14.2. The molecule has 0 saturated heterocycles. The molecule has 0 unspecified atom stereocenters. The van der Waals surface area contributed by atoms with Crippen molar-refractivity contribution in [2.45, 2.75) is 0 Å². The second kappa shape index (κ2) is 7.25. The number of nitrogens with one attached hydrogen (secondary N) is 1. The number of carbonyl (C=O) groups excluding carboxylic acids is 1. The van der Waals surface area contributed by atoms with Crippen LogP contribution in [0.4, 0.5) is 0 Å². The Morgan fingerprint density at radius 2 is 2.15 bits per heavy atom. The maximum absolute atomic E-state index is 11.5. The van der Waals surface area contributed by atoms with Gasteiger partial charge in [-0.3, -0.25) is 9.78 Å². The molecule has 0 spiro atoms. The van der Waals surface area contributed by atoms with Crippen molar-refractivity contribution in [3.63, 3.8) is 0 Å². The second-order valence-electron chi connectivity index (χ2n) is 3.82. The van der Waals surface area contributed by atoms with Gasteiger partial charge in [-0.25, -0.2) is 5.43 Å². The molecule has 1 heterocycles. The molecule has 2 aromatic rings. The normalized spacial score (nSPS) is 10.4. The quantitative estimate of drug-likeness (QED) is 0.678. The average Bonchev–Trinajstić information content (AvgIpc) is 2.46. The van der Waals surface area contributed by atoms with Gasteiger partial charge in [-0.1, -0.05) is 17.7 Å². The first-order valence-corrected chi connectivity index (χ1v) is 6.22. The zero-order valence-electron chi connectivity index (χ0n) is 10.5. The van der Waals surface area contributed by atoms with Crippen LogP contribution in [-0.4, -0.2) is 23.7 Å². The van der Waals surface area contributed by atoms with E-state index in [1.54, 1.807) is 48.8 Å². The molecular formula is C14H12ClN3O2. The summed E-state index contributed by atoms with van der Waals surface area (Å²) in [4.78, 5) is 15.4. The molecule has 0 aliphatic heterocycles. The smallest absolute Gasteiger partial charge is 0.277 e. The summed E-state index contributed by atoms with van der Waals surface area (Å²) in [6.45, 7) is -0.131. The molecule has 0 bridgehead atoms. The number of halogens is 1. The number of pyridine rings is 1. The van der Waals surface area contributed by atoms with Gasteiger partial charge in [0.15, 0.2) is 6.61 Å². The van der Waals surface area contributed by atoms with Gasteiger partial charge in [-0.05, 0) is 35.9 Å². The van der Waals surface area contributed by atoms with Gasteiger partial charge in [-0.15, -0.1) is 0 Å². The minimum Gasteiger partial charge on any atom is -0.484 e. The molecule has 1 N–H and O–H groups in total. The number of amides is 1. The summed E-state index contributed by atoms with van der Waals surface area (Å²) in [6.07, 6.45) is 4.82. The van der Waals surface area contributed by atoms with Crippen molar-refractivity contribution in [2.24, 2.45) is 5.10 Å². The highest BCUT2D eigenvalue weighted by molar-refractivity contribution is 6.30. The van der Waals surface area contributed by atoms with E-state index in [4.69, 9.17) is 16.3 Å². The van der Waals surface area contributed by atoms with E-state index in [-0.39, 0.29) is 12.5 Å². The molecule has 1 amide bonds. The fraction of sp³-hybridized carbons (Fsp3) is 0.0714. The van der Waals surface area contributed by atoms with E-state index in [9.17, 15) is 4.79 Å². The average molecular weight is 290 g/mol. The predicted molar refractivity (Wildman–Crippen MR) is 76.9 cm³/mol. The number of hydrogen-bond acceptors (Lipinski definition) is 4. The Hall–Kier alpha value is -2.40. The molecule has 0 radical (unpaired) electrons. The van der Waals surface area contributed by atoms with Crippen LogP contribution in [0.3, 0.4) is 0 Å². The first-order valence-electron chi connectivity index (χ1n) is 5.84. The fourth-order valence-corrected chi connectivity index (χ4v) is 1.55. The van der Waals surface area contributed by atoms with Crippen LogP contribution in [0.1, 0.15) is 5.56 Å². The van der Waals surface area contributed by atoms with E-state index in [1.807, 2.05) is 0 Å². The van der Waals surface area contributed by atoms with Crippen molar-refractivity contribution in [3.05, 3.63) is 59.4 Å². The highest BCUT2D eigenvalue weighted by atomic mass is 35.5. The topological polar surface area (TPSA) is 63.6 Å². The Morgan fingerprint density at radius 1 is 1.35 bits per heavy atom. The lowest BCUT2D eigenvalue weighted by Gasteiger charge is -2.04. The molecule has 1 aromatic heterocycles. The minimum atomic E-state index is -0.352. The maximum Gasteiger partial charge on any atom is 0.277 e. The van der Waals surface area contributed by atoms with Gasteiger partial charge in [0.25, 0.3) is 5.91 Å². The number of nitrogens with zero attached hydrogens (tertiary/aromatic N) is 2. The van der Waals surface area contributed by atoms with Gasteiger partial charge in [0, 0.05) is 17.4 Å². The third-order valence-corrected chi connectivity index (χ3v) is 2.51. The van der Waals surface area contributed by atoms with Crippen molar-refractivity contribution in [3.8, 4) is 5.75 Å². The number of hydrogen-bond donors (Lipinski definition) is 1. The number of ether oxygens (including phenoxy) is 1. The van der Waals surface area contributed by atoms with Crippen molar-refractivity contribution in [2.75, 3.05) is 6.61 Å². The van der Waals surface area contributed by atoms with Crippen molar-refractivity contribution >= 4 is 23.7 Å². The summed E-state index contributed by atoms with van der Waals surface area (Å²) in [5.41, 5.74) is 3.21. The van der Waals surface area contributed by atoms with Crippen LogP contribution in [0.15, 0.2) is 53.9 Å². The van der Waals surface area contributed by atoms with E-state index in [0.717, 1.165) is 5.56 Å². The van der Waals surface area contributed by atoms with Crippen molar-refractivity contribution in [1.29, 1.82) is 0 Å². The van der Waals surface area contributed by atoms with Crippen molar-refractivity contribution in [1.82, 2.24) is 10.4 Å². The van der Waals surface area contributed by atoms with E-state index >= 15 is 0 Å². The van der Waals surface area contributed by atoms with Gasteiger partial charge in [0.1, 0.15) is 5.75 Å². The Morgan fingerprint density at radius 3 is 2.90 bits per heavy atom. The molecule has 1 aromatic carbocycles. The predicted octanol–water partition coefficient (Wildman–Crippen LogP) is 2.26. The summed E-state index contributed by atoms with van der Waals surface area (Å²) < 4.78 is 5.27. The van der Waals surface area contributed by atoms with Gasteiger partial charge in [0.05, 0.1) is 6.21 Å². The molecule has 20 heavy (non-hydrogen) atoms. The van der Waals surface area contributed by atoms with Gasteiger partial charge >= 0.3 is 0 Å². The van der Waals surface area contributed by atoms with Crippen LogP contribution >= 0.6 is 11.6 Å². The lowest BCUT2D eigenvalue weighted by atomic mass is 10.3. The summed E-state index contributed by atoms with van der Waals surface area (Å²) >= 11 is 5.80. The number of rotatable bonds is 5. The number of aromatic nitrogens is 1. The summed E-state index contributed by atoms with van der Waals surface area (Å²) in [5, 5.41) is 4.37. The van der Waals surface area contributed by atoms with E-state index in [2.05, 4.69) is 15.5 Å². The maximum atomic E-state index is 11.5. The van der Waals surface area contributed by atoms with Gasteiger partial charge in [0.2, 0.25) is 0 Å². The Bertz CT molecular complexity index is 602. The summed E-state index contributed by atoms with van der Waals surface area (Å²) in [7, 11) is 0. The van der Waals surface area contributed by atoms with Crippen LogP contribution in [0, 0.1) is 0 Å². The first-order chi connectivity index (χ1) is 9.74. The summed E-state index contributed by atoms with van der Waals surface area (Å²) in [6, 6.07) is 10.4. The standard InChI is InChI=1S/C14H12ClN3O2/c15-12-2-1-3-13(8-12)20-10-14(19)18-17-9-11-4-6-16-7-5-11/h1-9H,10H2,(H,18,19). The molecule has 0 atom stereocenters. The highest BCUT2D eigenvalue weighted by Crippen LogP contribution is 2.16. The molecule has 6 heteroatoms. The minimum absolute atomic E-state index is 0.131. The number of hydrazone groups is 1. The molecule has 0 saturated carbocycles. The molecule has 102 valence electrons. The summed E-state index contributed by atoms with van der Waals surface area (Å²) in [5.74, 6) is 0.182. The van der Waals surface area contributed by atoms with Gasteiger partial charge in [-0.2, -0.15) is 5.10 Å². The zero-order valence-corrected chi connectivity index (χ0v) is 11.2. The number of benzene rings is 1. The van der Waals surface area contributed by atoms with E-state index in [1.165, 1.54) is 6.21 Å². The molecule has 0 fully saturated rings. The fourth-order valence-electron chi connectivity index (χ4n) is 1.37. The SMILES string of the molecule is O=C(COc1cccc(Cl)c1)NN=Cc1ccncc1. The van der Waals surface area contributed by atoms with Crippen LogP contribution in [0.25, 0.3) is 0 Å². The largest absolute Gasteiger partial charge is 0.484 e. The first kappa shape index (κ1) is 14.0. The highest BCUT2D eigenvalue weighted by Gasteiger charge is 2.01. The molecule has 0 aliphatic rings. The molecule has 0 aliphatic carbocycles. The third-order valence-electron chi connectivity index (χ3n) is 2.27. The monoisotopic (exact) mass is 289 g/mol. The lowest BCUT2D eigenvalue weighted by molar-refractivity contribution is -0.123. The van der Waals surface area contributed by atoms with Crippen LogP contribution in [0.5, 0.6) is 5.75 Å². The Kier molecular flexibility index (Phi) is 5.08. The second-order valence-corrected chi connectivity index (χ2v) is 4.26. The Labute approximate surface area is 121 Å². The van der Waals surface area contributed by atoms with Gasteiger partial charge < -0.3 is 4.74 Å².